The van der Waals surface area contributed by atoms with Crippen LogP contribution in [0.15, 0.2) is 36.4 Å². The molecule has 0 aromatic heterocycles. The zero-order chi connectivity index (χ0) is 19.6. The van der Waals surface area contributed by atoms with Crippen LogP contribution in [-0.2, 0) is 11.2 Å². The van der Waals surface area contributed by atoms with Crippen molar-refractivity contribution in [1.82, 2.24) is 4.90 Å². The number of carboxylic acid groups (broad SMARTS) is 1. The number of hydrogen-bond donors (Lipinski definition) is 2. The van der Waals surface area contributed by atoms with E-state index >= 15 is 0 Å². The number of carbonyl (C=O) groups is 1. The fourth-order valence-corrected chi connectivity index (χ4v) is 4.06. The Bertz CT molecular complexity index is 619. The van der Waals surface area contributed by atoms with E-state index in [4.69, 9.17) is 16.7 Å². The van der Waals surface area contributed by atoms with E-state index < -0.39 is 5.97 Å². The number of unbranched alkanes of at least 4 members (excludes halogenated alkanes) is 1. The number of alkyl halides is 1. The van der Waals surface area contributed by atoms with Gasteiger partial charge in [-0.15, -0.1) is 11.6 Å². The van der Waals surface area contributed by atoms with Gasteiger partial charge in [0.25, 0.3) is 0 Å². The Morgan fingerprint density at radius 2 is 2.22 bits per heavy atom. The van der Waals surface area contributed by atoms with Crippen LogP contribution in [0.3, 0.4) is 0 Å². The SMILES string of the molecule is Cc1cccc(CC(O)CCN2CCC(Cl)C2C/C=C/CCCC(=O)O)c1. The van der Waals surface area contributed by atoms with Gasteiger partial charge in [0.1, 0.15) is 0 Å². The minimum absolute atomic E-state index is 0.141. The number of likely N-dealkylation sites (tertiary alicyclic amines) is 1. The minimum Gasteiger partial charge on any atom is -0.481 e. The number of aliphatic carboxylic acids is 1. The van der Waals surface area contributed by atoms with Crippen LogP contribution in [0.5, 0.6) is 0 Å². The summed E-state index contributed by atoms with van der Waals surface area (Å²) in [6, 6.07) is 8.61. The highest BCUT2D eigenvalue weighted by molar-refractivity contribution is 6.21. The second-order valence-corrected chi connectivity index (χ2v) is 8.10. The number of rotatable bonds is 11. The molecule has 1 saturated heterocycles. The van der Waals surface area contributed by atoms with Gasteiger partial charge in [-0.3, -0.25) is 9.69 Å². The van der Waals surface area contributed by atoms with Crippen LogP contribution in [0.1, 0.15) is 49.7 Å². The van der Waals surface area contributed by atoms with Crippen molar-refractivity contribution in [3.8, 4) is 0 Å². The van der Waals surface area contributed by atoms with E-state index in [-0.39, 0.29) is 17.9 Å². The average molecular weight is 394 g/mol. The third-order valence-electron chi connectivity index (χ3n) is 5.19. The summed E-state index contributed by atoms with van der Waals surface area (Å²) in [6.07, 6.45) is 8.84. The number of allylic oxidation sites excluding steroid dienone is 1. The standard InChI is InChI=1S/C22H32ClNO3/c1-17-7-6-8-18(15-17)16-19(25)11-13-24-14-12-20(23)21(24)9-4-2-3-5-10-22(26)27/h2,4,6-8,15,19-21,25H,3,5,9-14,16H2,1H3,(H,26,27)/b4-2+. The van der Waals surface area contributed by atoms with Crippen LogP contribution in [0.25, 0.3) is 0 Å². The molecule has 0 bridgehead atoms. The molecule has 0 aliphatic carbocycles. The molecule has 2 N–H and O–H groups in total. The lowest BCUT2D eigenvalue weighted by Crippen LogP contribution is -2.35. The smallest absolute Gasteiger partial charge is 0.303 e. The molecule has 0 spiro atoms. The van der Waals surface area contributed by atoms with Gasteiger partial charge in [-0.25, -0.2) is 0 Å². The van der Waals surface area contributed by atoms with Crippen molar-refractivity contribution in [3.63, 3.8) is 0 Å². The largest absolute Gasteiger partial charge is 0.481 e. The molecule has 1 aromatic carbocycles. The number of benzene rings is 1. The number of hydrogen-bond acceptors (Lipinski definition) is 3. The van der Waals surface area contributed by atoms with Crippen molar-refractivity contribution < 1.29 is 15.0 Å². The van der Waals surface area contributed by atoms with Crippen LogP contribution in [0, 0.1) is 6.92 Å². The zero-order valence-corrected chi connectivity index (χ0v) is 16.9. The highest BCUT2D eigenvalue weighted by atomic mass is 35.5. The summed E-state index contributed by atoms with van der Waals surface area (Å²) in [5, 5.41) is 19.2. The van der Waals surface area contributed by atoms with Crippen LogP contribution < -0.4 is 0 Å². The Kier molecular flexibility index (Phi) is 9.32. The third-order valence-corrected chi connectivity index (χ3v) is 5.70. The highest BCUT2D eigenvalue weighted by Crippen LogP contribution is 2.26. The summed E-state index contributed by atoms with van der Waals surface area (Å²) in [7, 11) is 0. The van der Waals surface area contributed by atoms with Crippen molar-refractivity contribution in [1.29, 1.82) is 0 Å². The molecular formula is C22H32ClNO3. The van der Waals surface area contributed by atoms with Gasteiger partial charge >= 0.3 is 5.97 Å². The van der Waals surface area contributed by atoms with Crippen LogP contribution in [0.2, 0.25) is 0 Å². The number of carboxylic acids is 1. The first-order valence-electron chi connectivity index (χ1n) is 9.94. The van der Waals surface area contributed by atoms with E-state index in [9.17, 15) is 9.90 Å². The van der Waals surface area contributed by atoms with Crippen molar-refractivity contribution in [2.24, 2.45) is 0 Å². The average Bonchev–Trinajstić information content (AvgIpc) is 2.96. The van der Waals surface area contributed by atoms with E-state index in [0.29, 0.717) is 18.9 Å². The predicted octanol–water partition coefficient (Wildman–Crippen LogP) is 4.17. The van der Waals surface area contributed by atoms with Gasteiger partial charge in [0.2, 0.25) is 0 Å². The molecule has 27 heavy (non-hydrogen) atoms. The molecule has 1 aliphatic heterocycles. The summed E-state index contributed by atoms with van der Waals surface area (Å²) in [6.45, 7) is 3.90. The monoisotopic (exact) mass is 393 g/mol. The Balaban J connectivity index is 1.73. The molecule has 4 nitrogen and oxygen atoms in total. The maximum Gasteiger partial charge on any atom is 0.303 e. The molecular weight excluding hydrogens is 362 g/mol. The number of aryl methyl sites for hydroxylation is 1. The molecule has 0 saturated carbocycles. The van der Waals surface area contributed by atoms with Crippen molar-refractivity contribution >= 4 is 17.6 Å². The lowest BCUT2D eigenvalue weighted by Gasteiger charge is -2.26. The molecule has 3 atom stereocenters. The second kappa shape index (κ2) is 11.5. The van der Waals surface area contributed by atoms with Crippen molar-refractivity contribution in [2.75, 3.05) is 13.1 Å². The highest BCUT2D eigenvalue weighted by Gasteiger charge is 2.31. The summed E-state index contributed by atoms with van der Waals surface area (Å²) in [5.41, 5.74) is 2.40. The quantitative estimate of drug-likeness (QED) is 0.336. The van der Waals surface area contributed by atoms with Crippen LogP contribution >= 0.6 is 11.6 Å². The van der Waals surface area contributed by atoms with E-state index in [2.05, 4.69) is 42.2 Å². The number of aliphatic hydroxyl groups is 1. The molecule has 150 valence electrons. The third kappa shape index (κ3) is 8.04. The molecule has 1 heterocycles. The van der Waals surface area contributed by atoms with Crippen molar-refractivity contribution in [3.05, 3.63) is 47.5 Å². The Morgan fingerprint density at radius 3 is 2.96 bits per heavy atom. The van der Waals surface area contributed by atoms with Gasteiger partial charge in [-0.2, -0.15) is 0 Å². The van der Waals surface area contributed by atoms with Gasteiger partial charge in [0.15, 0.2) is 0 Å². The molecule has 0 amide bonds. The zero-order valence-electron chi connectivity index (χ0n) is 16.2. The van der Waals surface area contributed by atoms with E-state index in [1.807, 2.05) is 6.07 Å². The minimum atomic E-state index is -0.740. The molecule has 3 unspecified atom stereocenters. The number of halogens is 1. The molecule has 0 radical (unpaired) electrons. The predicted molar refractivity (Wildman–Crippen MR) is 110 cm³/mol. The van der Waals surface area contributed by atoms with E-state index in [1.165, 1.54) is 11.1 Å². The molecule has 5 heteroatoms. The summed E-state index contributed by atoms with van der Waals surface area (Å²) < 4.78 is 0. The molecule has 1 aromatic rings. The molecule has 2 rings (SSSR count). The summed E-state index contributed by atoms with van der Waals surface area (Å²) in [4.78, 5) is 12.9. The van der Waals surface area contributed by atoms with Gasteiger partial charge in [0.05, 0.1) is 11.5 Å². The fourth-order valence-electron chi connectivity index (χ4n) is 3.70. The maximum absolute atomic E-state index is 10.5. The van der Waals surface area contributed by atoms with Crippen LogP contribution in [-0.4, -0.2) is 51.7 Å². The van der Waals surface area contributed by atoms with Crippen molar-refractivity contribution in [2.45, 2.75) is 69.4 Å². The van der Waals surface area contributed by atoms with Gasteiger partial charge in [0, 0.05) is 19.0 Å². The summed E-state index contributed by atoms with van der Waals surface area (Å²) >= 11 is 6.50. The second-order valence-electron chi connectivity index (χ2n) is 7.54. The topological polar surface area (TPSA) is 60.8 Å². The Hall–Kier alpha value is -1.36. The first-order chi connectivity index (χ1) is 13.0. The van der Waals surface area contributed by atoms with Crippen LogP contribution in [0.4, 0.5) is 0 Å². The normalized spacial score (nSPS) is 21.7. The first kappa shape index (κ1) is 21.9. The molecule has 1 aliphatic rings. The lowest BCUT2D eigenvalue weighted by atomic mass is 10.0. The van der Waals surface area contributed by atoms with E-state index in [0.717, 1.165) is 38.8 Å². The fraction of sp³-hybridized carbons (Fsp3) is 0.591. The van der Waals surface area contributed by atoms with Gasteiger partial charge in [-0.05, 0) is 57.6 Å². The number of aliphatic hydroxyl groups excluding tert-OH is 1. The number of nitrogens with zero attached hydrogens (tertiary/aromatic N) is 1. The summed E-state index contributed by atoms with van der Waals surface area (Å²) in [5.74, 6) is -0.740. The Labute approximate surface area is 167 Å². The van der Waals surface area contributed by atoms with Gasteiger partial charge in [-0.1, -0.05) is 42.0 Å². The van der Waals surface area contributed by atoms with E-state index in [1.54, 1.807) is 0 Å². The first-order valence-corrected chi connectivity index (χ1v) is 10.4. The Morgan fingerprint density at radius 1 is 1.41 bits per heavy atom. The molecule has 1 fully saturated rings. The van der Waals surface area contributed by atoms with Gasteiger partial charge < -0.3 is 10.2 Å². The lowest BCUT2D eigenvalue weighted by molar-refractivity contribution is -0.137. The maximum atomic E-state index is 10.5.